The summed E-state index contributed by atoms with van der Waals surface area (Å²) in [7, 11) is 1.79. The maximum atomic E-state index is 13.5. The Balaban J connectivity index is 1.43. The summed E-state index contributed by atoms with van der Waals surface area (Å²) in [6.45, 7) is 1.93. The second kappa shape index (κ2) is 14.9. The average molecular weight is 603 g/mol. The zero-order chi connectivity index (χ0) is 30.8. The highest BCUT2D eigenvalue weighted by molar-refractivity contribution is 8.00. The Labute approximate surface area is 253 Å². The number of aromatic nitrogens is 1. The molecule has 224 valence electrons. The van der Waals surface area contributed by atoms with Gasteiger partial charge in [-0.2, -0.15) is 0 Å². The maximum Gasteiger partial charge on any atom is 0.407 e. The van der Waals surface area contributed by atoms with E-state index < -0.39 is 35.2 Å². The van der Waals surface area contributed by atoms with E-state index in [4.69, 9.17) is 4.74 Å². The minimum Gasteiger partial charge on any atom is -0.480 e. The first-order valence-electron chi connectivity index (χ1n) is 13.8. The summed E-state index contributed by atoms with van der Waals surface area (Å²) in [5.74, 6) is -1.85. The molecule has 1 aromatic heterocycles. The van der Waals surface area contributed by atoms with Crippen molar-refractivity contribution in [1.82, 2.24) is 15.2 Å². The van der Waals surface area contributed by atoms with E-state index in [1.807, 2.05) is 54.6 Å². The second-order valence-electron chi connectivity index (χ2n) is 9.89. The van der Waals surface area contributed by atoms with Crippen LogP contribution < -0.4 is 16.0 Å². The number of rotatable bonds is 13. The lowest BCUT2D eigenvalue weighted by Gasteiger charge is -2.20. The first-order chi connectivity index (χ1) is 20.7. The Morgan fingerprint density at radius 3 is 2.40 bits per heavy atom. The number of hydrogen-bond donors (Lipinski definition) is 4. The molecule has 0 spiro atoms. The summed E-state index contributed by atoms with van der Waals surface area (Å²) < 4.78 is 7.01. The largest absolute Gasteiger partial charge is 0.480 e. The first-order valence-corrected chi connectivity index (χ1v) is 14.7. The van der Waals surface area contributed by atoms with Gasteiger partial charge >= 0.3 is 12.1 Å². The summed E-state index contributed by atoms with van der Waals surface area (Å²) in [6, 6.07) is 24.6. The number of aliphatic carboxylic acids is 1. The van der Waals surface area contributed by atoms with Crippen LogP contribution in [0.3, 0.4) is 0 Å². The molecule has 4 rings (SSSR count). The van der Waals surface area contributed by atoms with Crippen molar-refractivity contribution >= 4 is 52.2 Å². The van der Waals surface area contributed by atoms with Crippen LogP contribution in [-0.4, -0.2) is 51.4 Å². The van der Waals surface area contributed by atoms with Crippen LogP contribution in [0.5, 0.6) is 0 Å². The fourth-order valence-electron chi connectivity index (χ4n) is 4.41. The molecule has 43 heavy (non-hydrogen) atoms. The third-order valence-corrected chi connectivity index (χ3v) is 7.92. The smallest absolute Gasteiger partial charge is 0.407 e. The number of carbonyl (C=O) groups is 4. The number of hydrogen-bond acceptors (Lipinski definition) is 6. The molecule has 1 unspecified atom stereocenters. The summed E-state index contributed by atoms with van der Waals surface area (Å²) >= 11 is 1.11. The minimum atomic E-state index is -0.971. The van der Waals surface area contributed by atoms with Crippen LogP contribution in [0.2, 0.25) is 0 Å². The fourth-order valence-corrected chi connectivity index (χ4v) is 5.30. The molecule has 0 radical (unpaired) electrons. The molecule has 0 aliphatic rings. The van der Waals surface area contributed by atoms with Crippen LogP contribution in [0.15, 0.2) is 89.8 Å². The van der Waals surface area contributed by atoms with Crippen LogP contribution in [0.1, 0.15) is 35.8 Å². The SMILES string of the molecule is CC(Sc1ccccc1NC(=O)[C@H](CCCNC(=O)OCc1ccccc1)NC(=O)c1cc2ccccc2n1C)C(=O)O. The molecule has 1 heterocycles. The van der Waals surface area contributed by atoms with Crippen molar-refractivity contribution in [3.8, 4) is 0 Å². The normalized spacial score (nSPS) is 12.2. The van der Waals surface area contributed by atoms with Gasteiger partial charge in [-0.1, -0.05) is 60.7 Å². The predicted octanol–water partition coefficient (Wildman–Crippen LogP) is 5.19. The van der Waals surface area contributed by atoms with Crippen molar-refractivity contribution in [2.75, 3.05) is 11.9 Å². The first kappa shape index (κ1) is 31.2. The summed E-state index contributed by atoms with van der Waals surface area (Å²) in [4.78, 5) is 51.1. The number of carboxylic acid groups (broad SMARTS) is 1. The van der Waals surface area contributed by atoms with E-state index in [1.54, 1.807) is 48.9 Å². The lowest BCUT2D eigenvalue weighted by molar-refractivity contribution is -0.136. The zero-order valence-electron chi connectivity index (χ0n) is 23.9. The summed E-state index contributed by atoms with van der Waals surface area (Å²) in [5, 5.41) is 17.9. The Kier molecular flexibility index (Phi) is 10.8. The van der Waals surface area contributed by atoms with Gasteiger partial charge in [-0.3, -0.25) is 14.4 Å². The van der Waals surface area contributed by atoms with Gasteiger partial charge in [-0.05, 0) is 49.6 Å². The van der Waals surface area contributed by atoms with E-state index in [0.717, 1.165) is 28.2 Å². The number of aryl methyl sites for hydroxylation is 1. The maximum absolute atomic E-state index is 13.5. The van der Waals surface area contributed by atoms with Gasteiger partial charge < -0.3 is 30.4 Å². The number of nitrogens with zero attached hydrogens (tertiary/aromatic N) is 1. The summed E-state index contributed by atoms with van der Waals surface area (Å²) in [5.41, 5.74) is 2.58. The molecule has 3 aromatic carbocycles. The monoisotopic (exact) mass is 602 g/mol. The highest BCUT2D eigenvalue weighted by Gasteiger charge is 2.25. The van der Waals surface area contributed by atoms with Gasteiger partial charge in [0.15, 0.2) is 0 Å². The number of amides is 3. The third-order valence-electron chi connectivity index (χ3n) is 6.75. The van der Waals surface area contributed by atoms with Crippen molar-refractivity contribution in [1.29, 1.82) is 0 Å². The van der Waals surface area contributed by atoms with Gasteiger partial charge in [0.05, 0.1) is 5.69 Å². The number of fused-ring (bicyclic) bond motifs is 1. The van der Waals surface area contributed by atoms with Crippen LogP contribution in [0, 0.1) is 0 Å². The molecule has 2 atom stereocenters. The van der Waals surface area contributed by atoms with Gasteiger partial charge in [-0.15, -0.1) is 11.8 Å². The van der Waals surface area contributed by atoms with Gasteiger partial charge in [0.1, 0.15) is 23.6 Å². The van der Waals surface area contributed by atoms with Crippen molar-refractivity contribution in [2.24, 2.45) is 7.05 Å². The topological polar surface area (TPSA) is 139 Å². The highest BCUT2D eigenvalue weighted by Crippen LogP contribution is 2.30. The summed E-state index contributed by atoms with van der Waals surface area (Å²) in [6.07, 6.45) is 0.0182. The number of carbonyl (C=O) groups excluding carboxylic acids is 3. The molecule has 0 fully saturated rings. The molecule has 0 saturated carbocycles. The predicted molar refractivity (Wildman–Crippen MR) is 166 cm³/mol. The Morgan fingerprint density at radius 1 is 0.953 bits per heavy atom. The van der Waals surface area contributed by atoms with E-state index in [2.05, 4.69) is 16.0 Å². The van der Waals surface area contributed by atoms with Crippen LogP contribution in [0.4, 0.5) is 10.5 Å². The molecular formula is C32H34N4O6S. The van der Waals surface area contributed by atoms with Gasteiger partial charge in [0.2, 0.25) is 5.91 Å². The number of ether oxygens (including phenoxy) is 1. The fraction of sp³-hybridized carbons (Fsp3) is 0.250. The Bertz CT molecular complexity index is 1590. The quantitative estimate of drug-likeness (QED) is 0.122. The molecule has 4 aromatic rings. The number of nitrogens with one attached hydrogen (secondary N) is 3. The minimum absolute atomic E-state index is 0.136. The second-order valence-corrected chi connectivity index (χ2v) is 11.3. The van der Waals surface area contributed by atoms with E-state index >= 15 is 0 Å². The molecule has 0 aliphatic carbocycles. The van der Waals surface area contributed by atoms with Gasteiger partial charge in [0.25, 0.3) is 5.91 Å². The number of para-hydroxylation sites is 2. The number of alkyl carbamates (subject to hydrolysis) is 1. The lowest BCUT2D eigenvalue weighted by Crippen LogP contribution is -2.44. The van der Waals surface area contributed by atoms with E-state index in [0.29, 0.717) is 22.7 Å². The van der Waals surface area contributed by atoms with Gasteiger partial charge in [-0.25, -0.2) is 4.79 Å². The molecule has 4 N–H and O–H groups in total. The number of thioether (sulfide) groups is 1. The molecule has 10 nitrogen and oxygen atoms in total. The Morgan fingerprint density at radius 2 is 1.65 bits per heavy atom. The van der Waals surface area contributed by atoms with Crippen LogP contribution >= 0.6 is 11.8 Å². The van der Waals surface area contributed by atoms with Crippen molar-refractivity contribution in [2.45, 2.75) is 42.6 Å². The number of benzene rings is 3. The highest BCUT2D eigenvalue weighted by atomic mass is 32.2. The number of anilines is 1. The standard InChI is InChI=1S/C32H34N4O6S/c1-21(31(39)40)43-28-17-9-7-14-24(28)34-29(37)25(15-10-18-33-32(41)42-20-22-11-4-3-5-12-22)35-30(38)27-19-23-13-6-8-16-26(23)36(27)2/h3-9,11-14,16-17,19,21,25H,10,15,18,20H2,1-2H3,(H,33,41)(H,34,37)(H,35,38)(H,39,40)/t21?,25-/m0/s1. The van der Waals surface area contributed by atoms with E-state index in [-0.39, 0.29) is 19.6 Å². The van der Waals surface area contributed by atoms with Crippen molar-refractivity contribution < 1.29 is 29.0 Å². The molecule has 0 saturated heterocycles. The molecule has 3 amide bonds. The Hall–Kier alpha value is -4.77. The molecule has 0 aliphatic heterocycles. The molecule has 0 bridgehead atoms. The van der Waals surface area contributed by atoms with Crippen molar-refractivity contribution in [3.63, 3.8) is 0 Å². The van der Waals surface area contributed by atoms with E-state index in [1.165, 1.54) is 0 Å². The van der Waals surface area contributed by atoms with Crippen LogP contribution in [0.25, 0.3) is 10.9 Å². The molecular weight excluding hydrogens is 568 g/mol. The number of carboxylic acids is 1. The van der Waals surface area contributed by atoms with Crippen LogP contribution in [-0.2, 0) is 28.0 Å². The zero-order valence-corrected chi connectivity index (χ0v) is 24.7. The lowest BCUT2D eigenvalue weighted by atomic mass is 10.1. The average Bonchev–Trinajstić information content (AvgIpc) is 3.35. The van der Waals surface area contributed by atoms with Gasteiger partial charge in [0, 0.05) is 29.4 Å². The van der Waals surface area contributed by atoms with Crippen molar-refractivity contribution in [3.05, 3.63) is 96.2 Å². The van der Waals surface area contributed by atoms with E-state index in [9.17, 15) is 24.3 Å². The molecule has 11 heteroatoms. The third kappa shape index (κ3) is 8.62.